The standard InChI is InChI=1S/C20H31N/c1-3-12-21-20(19-11-10-15(2)13-19)18-9-5-8-17(14-18)16-6-4-7-16/h5,8-9,14-16,19-21H,3-4,6-7,10-13H2,1-2H3. The van der Waals surface area contributed by atoms with Crippen LogP contribution >= 0.6 is 0 Å². The van der Waals surface area contributed by atoms with Crippen LogP contribution in [0.3, 0.4) is 0 Å². The Kier molecular flexibility index (Phi) is 5.00. The zero-order valence-corrected chi connectivity index (χ0v) is 13.8. The molecule has 3 atom stereocenters. The van der Waals surface area contributed by atoms with Crippen molar-refractivity contribution in [2.75, 3.05) is 6.54 Å². The van der Waals surface area contributed by atoms with Crippen LogP contribution in [0.15, 0.2) is 24.3 Å². The summed E-state index contributed by atoms with van der Waals surface area (Å²) in [6.45, 7) is 5.83. The van der Waals surface area contributed by atoms with Gasteiger partial charge in [0.15, 0.2) is 0 Å². The summed E-state index contributed by atoms with van der Waals surface area (Å²) in [4.78, 5) is 0. The van der Waals surface area contributed by atoms with Gasteiger partial charge in [-0.1, -0.05) is 51.0 Å². The Morgan fingerprint density at radius 3 is 2.67 bits per heavy atom. The molecule has 0 spiro atoms. The third-order valence-corrected chi connectivity index (χ3v) is 5.67. The first-order valence-corrected chi connectivity index (χ1v) is 9.11. The average Bonchev–Trinajstić information content (AvgIpc) is 2.84. The molecular weight excluding hydrogens is 254 g/mol. The number of benzene rings is 1. The first kappa shape index (κ1) is 15.1. The van der Waals surface area contributed by atoms with E-state index in [1.54, 1.807) is 11.1 Å². The van der Waals surface area contributed by atoms with Crippen LogP contribution in [-0.2, 0) is 0 Å². The van der Waals surface area contributed by atoms with Gasteiger partial charge in [0, 0.05) is 6.04 Å². The summed E-state index contributed by atoms with van der Waals surface area (Å²) >= 11 is 0. The fourth-order valence-electron chi connectivity index (χ4n) is 4.16. The van der Waals surface area contributed by atoms with E-state index in [1.165, 1.54) is 44.9 Å². The summed E-state index contributed by atoms with van der Waals surface area (Å²) in [7, 11) is 0. The SMILES string of the molecule is CCCNC(c1cccc(C2CCC2)c1)C1CCC(C)C1. The molecule has 2 aliphatic carbocycles. The quantitative estimate of drug-likeness (QED) is 0.734. The zero-order chi connectivity index (χ0) is 14.7. The van der Waals surface area contributed by atoms with E-state index in [0.717, 1.165) is 24.3 Å². The summed E-state index contributed by atoms with van der Waals surface area (Å²) < 4.78 is 0. The molecule has 2 fully saturated rings. The Bertz CT molecular complexity index is 449. The van der Waals surface area contributed by atoms with Crippen LogP contribution in [0, 0.1) is 11.8 Å². The summed E-state index contributed by atoms with van der Waals surface area (Å²) in [6.07, 6.45) is 9.66. The van der Waals surface area contributed by atoms with Crippen LogP contribution in [0.25, 0.3) is 0 Å². The highest BCUT2D eigenvalue weighted by Gasteiger charge is 2.30. The van der Waals surface area contributed by atoms with E-state index < -0.39 is 0 Å². The third-order valence-electron chi connectivity index (χ3n) is 5.67. The van der Waals surface area contributed by atoms with E-state index in [-0.39, 0.29) is 0 Å². The van der Waals surface area contributed by atoms with Gasteiger partial charge in [-0.15, -0.1) is 0 Å². The minimum Gasteiger partial charge on any atom is -0.310 e. The second-order valence-corrected chi connectivity index (χ2v) is 7.41. The molecule has 0 saturated heterocycles. The van der Waals surface area contributed by atoms with Crippen LogP contribution in [-0.4, -0.2) is 6.54 Å². The normalized spacial score (nSPS) is 27.5. The molecule has 0 bridgehead atoms. The van der Waals surface area contributed by atoms with Crippen molar-refractivity contribution in [1.82, 2.24) is 5.32 Å². The molecule has 1 heteroatoms. The molecule has 0 aliphatic heterocycles. The molecule has 1 aromatic carbocycles. The van der Waals surface area contributed by atoms with E-state index in [4.69, 9.17) is 0 Å². The van der Waals surface area contributed by atoms with Crippen LogP contribution in [0.4, 0.5) is 0 Å². The van der Waals surface area contributed by atoms with Gasteiger partial charge in [-0.2, -0.15) is 0 Å². The van der Waals surface area contributed by atoms with Crippen molar-refractivity contribution < 1.29 is 0 Å². The van der Waals surface area contributed by atoms with Gasteiger partial charge in [-0.3, -0.25) is 0 Å². The van der Waals surface area contributed by atoms with Gasteiger partial charge in [0.05, 0.1) is 0 Å². The molecule has 0 radical (unpaired) electrons. The molecule has 1 N–H and O–H groups in total. The molecule has 116 valence electrons. The number of nitrogens with one attached hydrogen (secondary N) is 1. The smallest absolute Gasteiger partial charge is 0.0348 e. The molecular formula is C20H31N. The maximum Gasteiger partial charge on any atom is 0.0348 e. The molecule has 0 aromatic heterocycles. The molecule has 1 nitrogen and oxygen atoms in total. The Morgan fingerprint density at radius 1 is 1.19 bits per heavy atom. The second kappa shape index (κ2) is 6.96. The minimum absolute atomic E-state index is 0.579. The van der Waals surface area contributed by atoms with Crippen LogP contribution in [0.1, 0.15) is 81.9 Å². The van der Waals surface area contributed by atoms with Gasteiger partial charge in [-0.25, -0.2) is 0 Å². The van der Waals surface area contributed by atoms with Crippen molar-refractivity contribution in [3.05, 3.63) is 35.4 Å². The molecule has 21 heavy (non-hydrogen) atoms. The lowest BCUT2D eigenvalue weighted by atomic mass is 9.78. The molecule has 2 aliphatic rings. The highest BCUT2D eigenvalue weighted by Crippen LogP contribution is 2.41. The fourth-order valence-corrected chi connectivity index (χ4v) is 4.16. The first-order valence-electron chi connectivity index (χ1n) is 9.11. The zero-order valence-electron chi connectivity index (χ0n) is 13.8. The van der Waals surface area contributed by atoms with Gasteiger partial charge < -0.3 is 5.32 Å². The molecule has 0 heterocycles. The van der Waals surface area contributed by atoms with Crippen molar-refractivity contribution in [3.63, 3.8) is 0 Å². The van der Waals surface area contributed by atoms with Gasteiger partial charge >= 0.3 is 0 Å². The molecule has 3 unspecified atom stereocenters. The Balaban J connectivity index is 1.77. The molecule has 0 amide bonds. The lowest BCUT2D eigenvalue weighted by Crippen LogP contribution is -2.28. The number of rotatable bonds is 6. The van der Waals surface area contributed by atoms with E-state index >= 15 is 0 Å². The van der Waals surface area contributed by atoms with Crippen LogP contribution in [0.5, 0.6) is 0 Å². The Hall–Kier alpha value is -0.820. The van der Waals surface area contributed by atoms with E-state index in [1.807, 2.05) is 0 Å². The van der Waals surface area contributed by atoms with Crippen molar-refractivity contribution in [2.45, 2.75) is 70.8 Å². The van der Waals surface area contributed by atoms with Crippen molar-refractivity contribution in [3.8, 4) is 0 Å². The predicted octanol–water partition coefficient (Wildman–Crippen LogP) is 5.43. The highest BCUT2D eigenvalue weighted by molar-refractivity contribution is 5.30. The lowest BCUT2D eigenvalue weighted by Gasteiger charge is -2.29. The van der Waals surface area contributed by atoms with Crippen LogP contribution in [0.2, 0.25) is 0 Å². The first-order chi connectivity index (χ1) is 10.3. The van der Waals surface area contributed by atoms with Crippen molar-refractivity contribution >= 4 is 0 Å². The monoisotopic (exact) mass is 285 g/mol. The van der Waals surface area contributed by atoms with E-state index in [9.17, 15) is 0 Å². The summed E-state index contributed by atoms with van der Waals surface area (Å²) in [5.41, 5.74) is 3.14. The topological polar surface area (TPSA) is 12.0 Å². The van der Waals surface area contributed by atoms with Gasteiger partial charge in [0.25, 0.3) is 0 Å². The maximum absolute atomic E-state index is 3.85. The summed E-state index contributed by atoms with van der Waals surface area (Å²) in [5.74, 6) is 2.60. The predicted molar refractivity (Wildman–Crippen MR) is 90.6 cm³/mol. The minimum atomic E-state index is 0.579. The fraction of sp³-hybridized carbons (Fsp3) is 0.700. The molecule has 3 rings (SSSR count). The summed E-state index contributed by atoms with van der Waals surface area (Å²) in [5, 5.41) is 3.85. The number of hydrogen-bond donors (Lipinski definition) is 1. The van der Waals surface area contributed by atoms with Crippen molar-refractivity contribution in [1.29, 1.82) is 0 Å². The largest absolute Gasteiger partial charge is 0.310 e. The van der Waals surface area contributed by atoms with Gasteiger partial charge in [0.2, 0.25) is 0 Å². The van der Waals surface area contributed by atoms with Crippen LogP contribution < -0.4 is 5.32 Å². The second-order valence-electron chi connectivity index (χ2n) is 7.41. The van der Waals surface area contributed by atoms with Crippen molar-refractivity contribution in [2.24, 2.45) is 11.8 Å². The molecule has 2 saturated carbocycles. The van der Waals surface area contributed by atoms with Gasteiger partial charge in [-0.05, 0) is 67.5 Å². The third kappa shape index (κ3) is 3.51. The lowest BCUT2D eigenvalue weighted by molar-refractivity contribution is 0.358. The Morgan fingerprint density at radius 2 is 2.05 bits per heavy atom. The van der Waals surface area contributed by atoms with Gasteiger partial charge in [0.1, 0.15) is 0 Å². The summed E-state index contributed by atoms with van der Waals surface area (Å²) in [6, 6.07) is 10.1. The van der Waals surface area contributed by atoms with E-state index in [0.29, 0.717) is 6.04 Å². The highest BCUT2D eigenvalue weighted by atomic mass is 14.9. The number of hydrogen-bond acceptors (Lipinski definition) is 1. The Labute approximate surface area is 130 Å². The van der Waals surface area contributed by atoms with E-state index in [2.05, 4.69) is 43.4 Å². The maximum atomic E-state index is 3.85. The molecule has 1 aromatic rings. The average molecular weight is 285 g/mol.